The van der Waals surface area contributed by atoms with Gasteiger partial charge < -0.3 is 10.1 Å². The van der Waals surface area contributed by atoms with Crippen LogP contribution in [-0.4, -0.2) is 16.7 Å². The third-order valence-corrected chi connectivity index (χ3v) is 3.37. The van der Waals surface area contributed by atoms with Gasteiger partial charge in [0.05, 0.1) is 6.61 Å². The molecule has 0 spiro atoms. The number of aliphatic hydroxyl groups is 1. The smallest absolute Gasteiger partial charge is 0.123 e. The molecule has 1 aromatic heterocycles. The van der Waals surface area contributed by atoms with Crippen LogP contribution in [0.2, 0.25) is 0 Å². The minimum absolute atomic E-state index is 0.105. The molecule has 3 heteroatoms. The van der Waals surface area contributed by atoms with E-state index in [1.807, 2.05) is 6.20 Å². The van der Waals surface area contributed by atoms with Crippen LogP contribution in [0.4, 0.5) is 4.39 Å². The summed E-state index contributed by atoms with van der Waals surface area (Å²) in [4.78, 5) is 3.12. The van der Waals surface area contributed by atoms with Crippen LogP contribution in [0.15, 0.2) is 24.4 Å². The SMILES string of the molecule is OCC1(c2c[nH]c3ccc(F)cc23)CC1. The number of aliphatic hydroxyl groups excluding tert-OH is 1. The van der Waals surface area contributed by atoms with Gasteiger partial charge in [-0.1, -0.05) is 0 Å². The fraction of sp³-hybridized carbons (Fsp3) is 0.333. The van der Waals surface area contributed by atoms with E-state index in [4.69, 9.17) is 0 Å². The van der Waals surface area contributed by atoms with Crippen LogP contribution < -0.4 is 0 Å². The Morgan fingerprint density at radius 3 is 2.87 bits per heavy atom. The Kier molecular flexibility index (Phi) is 1.68. The van der Waals surface area contributed by atoms with Crippen molar-refractivity contribution < 1.29 is 9.50 Å². The van der Waals surface area contributed by atoms with Crippen molar-refractivity contribution in [1.82, 2.24) is 4.98 Å². The van der Waals surface area contributed by atoms with E-state index < -0.39 is 0 Å². The van der Waals surface area contributed by atoms with Gasteiger partial charge in [-0.3, -0.25) is 0 Å². The molecule has 78 valence electrons. The first kappa shape index (κ1) is 8.92. The van der Waals surface area contributed by atoms with Crippen LogP contribution in [0.1, 0.15) is 18.4 Å². The Bertz CT molecular complexity index is 513. The molecule has 2 nitrogen and oxygen atoms in total. The van der Waals surface area contributed by atoms with E-state index >= 15 is 0 Å². The molecule has 1 aromatic carbocycles. The second-order valence-electron chi connectivity index (χ2n) is 4.33. The van der Waals surface area contributed by atoms with E-state index in [2.05, 4.69) is 4.98 Å². The number of hydrogen-bond acceptors (Lipinski definition) is 1. The van der Waals surface area contributed by atoms with Gasteiger partial charge in [0.25, 0.3) is 0 Å². The second-order valence-corrected chi connectivity index (χ2v) is 4.33. The Morgan fingerprint density at radius 2 is 2.20 bits per heavy atom. The number of hydrogen-bond donors (Lipinski definition) is 2. The maximum absolute atomic E-state index is 13.1. The predicted octanol–water partition coefficient (Wildman–Crippen LogP) is 2.33. The summed E-state index contributed by atoms with van der Waals surface area (Å²) in [6.45, 7) is 0.149. The summed E-state index contributed by atoms with van der Waals surface area (Å²) >= 11 is 0. The van der Waals surface area contributed by atoms with E-state index in [0.717, 1.165) is 29.3 Å². The quantitative estimate of drug-likeness (QED) is 0.775. The van der Waals surface area contributed by atoms with Gasteiger partial charge in [-0.2, -0.15) is 0 Å². The molecular weight excluding hydrogens is 193 g/mol. The maximum atomic E-state index is 13.1. The molecule has 2 N–H and O–H groups in total. The number of benzene rings is 1. The normalized spacial score (nSPS) is 18.3. The van der Waals surface area contributed by atoms with E-state index in [1.54, 1.807) is 6.07 Å². The molecule has 0 bridgehead atoms. The number of H-pyrrole nitrogens is 1. The first-order chi connectivity index (χ1) is 7.25. The van der Waals surface area contributed by atoms with Crippen molar-refractivity contribution in [3.05, 3.63) is 35.8 Å². The molecule has 3 rings (SSSR count). The minimum Gasteiger partial charge on any atom is -0.395 e. The molecule has 0 radical (unpaired) electrons. The molecule has 1 aliphatic carbocycles. The molecule has 1 saturated carbocycles. The lowest BCUT2D eigenvalue weighted by molar-refractivity contribution is 0.256. The van der Waals surface area contributed by atoms with Crippen molar-refractivity contribution in [3.63, 3.8) is 0 Å². The molecule has 1 fully saturated rings. The molecule has 0 atom stereocenters. The van der Waals surface area contributed by atoms with Crippen LogP contribution in [0.5, 0.6) is 0 Å². The number of halogens is 1. The highest BCUT2D eigenvalue weighted by Gasteiger charge is 2.45. The van der Waals surface area contributed by atoms with Gasteiger partial charge in [0.1, 0.15) is 5.82 Å². The zero-order valence-corrected chi connectivity index (χ0v) is 8.26. The molecule has 0 unspecified atom stereocenters. The molecule has 0 saturated heterocycles. The van der Waals surface area contributed by atoms with Crippen molar-refractivity contribution in [1.29, 1.82) is 0 Å². The van der Waals surface area contributed by atoms with E-state index in [0.29, 0.717) is 0 Å². The lowest BCUT2D eigenvalue weighted by Gasteiger charge is -2.09. The molecule has 1 aliphatic rings. The lowest BCUT2D eigenvalue weighted by Crippen LogP contribution is -2.10. The van der Waals surface area contributed by atoms with Crippen molar-refractivity contribution in [2.45, 2.75) is 18.3 Å². The molecule has 0 amide bonds. The van der Waals surface area contributed by atoms with Crippen molar-refractivity contribution in [2.75, 3.05) is 6.61 Å². The number of aromatic nitrogens is 1. The Balaban J connectivity index is 2.23. The summed E-state index contributed by atoms with van der Waals surface area (Å²) in [5.74, 6) is -0.225. The standard InChI is InChI=1S/C12H12FNO/c13-8-1-2-11-9(5-8)10(6-14-11)12(7-15)3-4-12/h1-2,5-6,14-15H,3-4,7H2. The van der Waals surface area contributed by atoms with Crippen molar-refractivity contribution >= 4 is 10.9 Å². The monoisotopic (exact) mass is 205 g/mol. The Hall–Kier alpha value is -1.35. The van der Waals surface area contributed by atoms with Crippen LogP contribution in [0.3, 0.4) is 0 Å². The van der Waals surface area contributed by atoms with Gasteiger partial charge in [0.15, 0.2) is 0 Å². The number of rotatable bonds is 2. The third-order valence-electron chi connectivity index (χ3n) is 3.37. The molecule has 15 heavy (non-hydrogen) atoms. The molecule has 0 aliphatic heterocycles. The predicted molar refractivity (Wildman–Crippen MR) is 56.3 cm³/mol. The first-order valence-corrected chi connectivity index (χ1v) is 5.13. The van der Waals surface area contributed by atoms with Gasteiger partial charge in [0.2, 0.25) is 0 Å². The summed E-state index contributed by atoms with van der Waals surface area (Å²) in [5.41, 5.74) is 1.89. The fourth-order valence-corrected chi connectivity index (χ4v) is 2.20. The van der Waals surface area contributed by atoms with Crippen molar-refractivity contribution in [3.8, 4) is 0 Å². The van der Waals surface area contributed by atoms with Gasteiger partial charge in [-0.25, -0.2) is 4.39 Å². The minimum atomic E-state index is -0.225. The molecule has 1 heterocycles. The second kappa shape index (κ2) is 2.83. The summed E-state index contributed by atoms with van der Waals surface area (Å²) in [7, 11) is 0. The largest absolute Gasteiger partial charge is 0.395 e. The van der Waals surface area contributed by atoms with Gasteiger partial charge >= 0.3 is 0 Å². The fourth-order valence-electron chi connectivity index (χ4n) is 2.20. The lowest BCUT2D eigenvalue weighted by atomic mass is 9.96. The van der Waals surface area contributed by atoms with Gasteiger partial charge in [-0.15, -0.1) is 0 Å². The van der Waals surface area contributed by atoms with E-state index in [1.165, 1.54) is 12.1 Å². The number of aromatic amines is 1. The summed E-state index contributed by atoms with van der Waals surface area (Å²) in [6, 6.07) is 4.72. The highest BCUT2D eigenvalue weighted by molar-refractivity contribution is 5.84. The summed E-state index contributed by atoms with van der Waals surface area (Å²) in [6.07, 6.45) is 3.88. The molecular formula is C12H12FNO. The van der Waals surface area contributed by atoms with Crippen molar-refractivity contribution in [2.24, 2.45) is 0 Å². The zero-order valence-electron chi connectivity index (χ0n) is 8.26. The molecule has 2 aromatic rings. The van der Waals surface area contributed by atoms with Gasteiger partial charge in [-0.05, 0) is 36.6 Å². The van der Waals surface area contributed by atoms with Crippen LogP contribution in [0, 0.1) is 5.82 Å². The zero-order chi connectivity index (χ0) is 10.5. The third kappa shape index (κ3) is 1.20. The van der Waals surface area contributed by atoms with E-state index in [-0.39, 0.29) is 17.8 Å². The topological polar surface area (TPSA) is 36.0 Å². The number of fused-ring (bicyclic) bond motifs is 1. The number of nitrogens with one attached hydrogen (secondary N) is 1. The summed E-state index contributed by atoms with van der Waals surface area (Å²) in [5, 5.41) is 10.3. The van der Waals surface area contributed by atoms with Crippen LogP contribution >= 0.6 is 0 Å². The highest BCUT2D eigenvalue weighted by atomic mass is 19.1. The average Bonchev–Trinajstić information content (AvgIpc) is 2.93. The summed E-state index contributed by atoms with van der Waals surface area (Å²) < 4.78 is 13.1. The van der Waals surface area contributed by atoms with Gasteiger partial charge in [0, 0.05) is 22.5 Å². The first-order valence-electron chi connectivity index (χ1n) is 5.13. The van der Waals surface area contributed by atoms with Crippen LogP contribution in [0.25, 0.3) is 10.9 Å². The average molecular weight is 205 g/mol. The van der Waals surface area contributed by atoms with Crippen LogP contribution in [-0.2, 0) is 5.41 Å². The van der Waals surface area contributed by atoms with E-state index in [9.17, 15) is 9.50 Å². The maximum Gasteiger partial charge on any atom is 0.123 e. The Morgan fingerprint density at radius 1 is 1.40 bits per heavy atom. The highest BCUT2D eigenvalue weighted by Crippen LogP contribution is 2.49. The Labute approximate surface area is 86.7 Å².